The van der Waals surface area contributed by atoms with Crippen molar-refractivity contribution in [2.24, 2.45) is 0 Å². The second-order valence-electron chi connectivity index (χ2n) is 4.79. The Bertz CT molecular complexity index is 407. The largest absolute Gasteiger partial charge is 0.481 e. The summed E-state index contributed by atoms with van der Waals surface area (Å²) in [6.07, 6.45) is 4.02. The lowest BCUT2D eigenvalue weighted by molar-refractivity contribution is 0.255. The molecule has 1 saturated heterocycles. The first kappa shape index (κ1) is 13.0. The van der Waals surface area contributed by atoms with E-state index in [4.69, 9.17) is 4.74 Å². The zero-order chi connectivity index (χ0) is 12.6. The van der Waals surface area contributed by atoms with Gasteiger partial charge in [-0.15, -0.1) is 0 Å². The summed E-state index contributed by atoms with van der Waals surface area (Å²) in [6, 6.07) is 8.08. The van der Waals surface area contributed by atoms with Crippen molar-refractivity contribution in [3.8, 4) is 17.6 Å². The Kier molecular flexibility index (Phi) is 5.11. The van der Waals surface area contributed by atoms with E-state index in [1.807, 2.05) is 12.1 Å². The SMILES string of the molecule is Cc1ccc(OCC#CCN2CCCCC2)cc1. The Balaban J connectivity index is 1.67. The van der Waals surface area contributed by atoms with Gasteiger partial charge in [-0.2, -0.15) is 0 Å². The van der Waals surface area contributed by atoms with Gasteiger partial charge in [0.2, 0.25) is 0 Å². The third-order valence-electron chi connectivity index (χ3n) is 3.21. The zero-order valence-electron chi connectivity index (χ0n) is 11.1. The standard InChI is InChI=1S/C16H21NO/c1-15-7-9-16(10-8-15)18-14-6-5-13-17-11-3-2-4-12-17/h7-10H,2-4,11-14H2,1H3. The molecule has 1 heterocycles. The average Bonchev–Trinajstić information content (AvgIpc) is 2.42. The fraction of sp³-hybridized carbons (Fsp3) is 0.500. The Morgan fingerprint density at radius 1 is 1.06 bits per heavy atom. The van der Waals surface area contributed by atoms with E-state index < -0.39 is 0 Å². The van der Waals surface area contributed by atoms with Gasteiger partial charge in [-0.25, -0.2) is 0 Å². The predicted molar refractivity (Wildman–Crippen MR) is 74.7 cm³/mol. The van der Waals surface area contributed by atoms with Crippen LogP contribution < -0.4 is 4.74 Å². The maximum absolute atomic E-state index is 5.56. The Morgan fingerprint density at radius 2 is 1.78 bits per heavy atom. The Morgan fingerprint density at radius 3 is 2.50 bits per heavy atom. The molecule has 1 aromatic carbocycles. The van der Waals surface area contributed by atoms with Gasteiger partial charge in [-0.1, -0.05) is 36.0 Å². The molecule has 18 heavy (non-hydrogen) atoms. The van der Waals surface area contributed by atoms with E-state index in [9.17, 15) is 0 Å². The molecule has 0 unspecified atom stereocenters. The molecule has 96 valence electrons. The highest BCUT2D eigenvalue weighted by Gasteiger charge is 2.07. The molecule has 0 bridgehead atoms. The van der Waals surface area contributed by atoms with Crippen molar-refractivity contribution >= 4 is 0 Å². The molecular weight excluding hydrogens is 222 g/mol. The maximum Gasteiger partial charge on any atom is 0.149 e. The van der Waals surface area contributed by atoms with Crippen LogP contribution in [0.5, 0.6) is 5.75 Å². The first-order valence-corrected chi connectivity index (χ1v) is 6.72. The van der Waals surface area contributed by atoms with Crippen LogP contribution in [0.1, 0.15) is 24.8 Å². The molecule has 0 spiro atoms. The minimum absolute atomic E-state index is 0.483. The molecule has 0 atom stereocenters. The van der Waals surface area contributed by atoms with Crippen LogP contribution in [0, 0.1) is 18.8 Å². The summed E-state index contributed by atoms with van der Waals surface area (Å²) in [6.45, 7) is 5.84. The van der Waals surface area contributed by atoms with Crippen molar-refractivity contribution in [3.05, 3.63) is 29.8 Å². The van der Waals surface area contributed by atoms with Crippen LogP contribution in [0.4, 0.5) is 0 Å². The molecule has 2 rings (SSSR count). The lowest BCUT2D eigenvalue weighted by atomic mass is 10.1. The summed E-state index contributed by atoms with van der Waals surface area (Å²) >= 11 is 0. The number of hydrogen-bond donors (Lipinski definition) is 0. The van der Waals surface area contributed by atoms with Crippen LogP contribution in [0.15, 0.2) is 24.3 Å². The van der Waals surface area contributed by atoms with Crippen LogP contribution in [-0.2, 0) is 0 Å². The van der Waals surface area contributed by atoms with Crippen molar-refractivity contribution < 1.29 is 4.74 Å². The summed E-state index contributed by atoms with van der Waals surface area (Å²) in [5, 5.41) is 0. The monoisotopic (exact) mass is 243 g/mol. The average molecular weight is 243 g/mol. The zero-order valence-corrected chi connectivity index (χ0v) is 11.1. The smallest absolute Gasteiger partial charge is 0.149 e. The number of likely N-dealkylation sites (tertiary alicyclic amines) is 1. The van der Waals surface area contributed by atoms with E-state index in [-0.39, 0.29) is 0 Å². The van der Waals surface area contributed by atoms with Gasteiger partial charge in [0.1, 0.15) is 12.4 Å². The van der Waals surface area contributed by atoms with E-state index in [0.717, 1.165) is 12.3 Å². The molecule has 2 heteroatoms. The number of aryl methyl sites for hydroxylation is 1. The van der Waals surface area contributed by atoms with Gasteiger partial charge in [0.15, 0.2) is 0 Å². The van der Waals surface area contributed by atoms with Gasteiger partial charge < -0.3 is 4.74 Å². The van der Waals surface area contributed by atoms with Crippen molar-refractivity contribution in [3.63, 3.8) is 0 Å². The molecule has 1 aromatic rings. The molecule has 0 radical (unpaired) electrons. The van der Waals surface area contributed by atoms with E-state index in [2.05, 4.69) is 35.8 Å². The third-order valence-corrected chi connectivity index (χ3v) is 3.21. The molecule has 1 fully saturated rings. The number of benzene rings is 1. The highest BCUT2D eigenvalue weighted by Crippen LogP contribution is 2.10. The Labute approximate surface area is 110 Å². The van der Waals surface area contributed by atoms with Gasteiger partial charge in [0.05, 0.1) is 6.54 Å². The normalized spacial score (nSPS) is 15.8. The fourth-order valence-electron chi connectivity index (χ4n) is 2.09. The second-order valence-corrected chi connectivity index (χ2v) is 4.79. The van der Waals surface area contributed by atoms with Crippen LogP contribution in [-0.4, -0.2) is 31.1 Å². The summed E-state index contributed by atoms with van der Waals surface area (Å²) in [7, 11) is 0. The van der Waals surface area contributed by atoms with Crippen LogP contribution in [0.25, 0.3) is 0 Å². The minimum atomic E-state index is 0.483. The van der Waals surface area contributed by atoms with Crippen molar-refractivity contribution in [1.82, 2.24) is 4.90 Å². The van der Waals surface area contributed by atoms with Gasteiger partial charge >= 0.3 is 0 Å². The topological polar surface area (TPSA) is 12.5 Å². The molecule has 0 saturated carbocycles. The number of rotatable bonds is 3. The van der Waals surface area contributed by atoms with Crippen molar-refractivity contribution in [2.75, 3.05) is 26.2 Å². The molecule has 1 aliphatic rings. The fourth-order valence-corrected chi connectivity index (χ4v) is 2.09. The second kappa shape index (κ2) is 7.08. The third kappa shape index (κ3) is 4.43. The molecular formula is C16H21NO. The number of hydrogen-bond acceptors (Lipinski definition) is 2. The minimum Gasteiger partial charge on any atom is -0.481 e. The van der Waals surface area contributed by atoms with Crippen molar-refractivity contribution in [1.29, 1.82) is 0 Å². The number of ether oxygens (including phenoxy) is 1. The van der Waals surface area contributed by atoms with Crippen LogP contribution in [0.3, 0.4) is 0 Å². The van der Waals surface area contributed by atoms with Gasteiger partial charge in [0.25, 0.3) is 0 Å². The van der Waals surface area contributed by atoms with Gasteiger partial charge in [0, 0.05) is 0 Å². The molecule has 0 amide bonds. The predicted octanol–water partition coefficient (Wildman–Crippen LogP) is 2.86. The highest BCUT2D eigenvalue weighted by atomic mass is 16.5. The molecule has 0 aliphatic carbocycles. The van der Waals surface area contributed by atoms with E-state index in [1.54, 1.807) is 0 Å². The van der Waals surface area contributed by atoms with Gasteiger partial charge in [-0.05, 0) is 45.0 Å². The maximum atomic E-state index is 5.56. The van der Waals surface area contributed by atoms with Crippen molar-refractivity contribution in [2.45, 2.75) is 26.2 Å². The first-order chi connectivity index (χ1) is 8.84. The summed E-state index contributed by atoms with van der Waals surface area (Å²) < 4.78 is 5.56. The van der Waals surface area contributed by atoms with Gasteiger partial charge in [-0.3, -0.25) is 4.90 Å². The van der Waals surface area contributed by atoms with Crippen LogP contribution >= 0.6 is 0 Å². The quantitative estimate of drug-likeness (QED) is 0.757. The number of nitrogens with zero attached hydrogens (tertiary/aromatic N) is 1. The lowest BCUT2D eigenvalue weighted by Crippen LogP contribution is -2.29. The molecule has 1 aliphatic heterocycles. The number of piperidine rings is 1. The molecule has 0 N–H and O–H groups in total. The lowest BCUT2D eigenvalue weighted by Gasteiger charge is -2.23. The first-order valence-electron chi connectivity index (χ1n) is 6.72. The summed E-state index contributed by atoms with van der Waals surface area (Å²) in [5.74, 6) is 7.17. The highest BCUT2D eigenvalue weighted by molar-refractivity contribution is 5.26. The van der Waals surface area contributed by atoms with E-state index in [1.165, 1.54) is 37.9 Å². The van der Waals surface area contributed by atoms with E-state index in [0.29, 0.717) is 6.61 Å². The molecule has 0 aromatic heterocycles. The summed E-state index contributed by atoms with van der Waals surface area (Å²) in [4.78, 5) is 2.42. The Hall–Kier alpha value is -1.46. The molecule has 2 nitrogen and oxygen atoms in total. The summed E-state index contributed by atoms with van der Waals surface area (Å²) in [5.41, 5.74) is 1.25. The van der Waals surface area contributed by atoms with E-state index >= 15 is 0 Å². The van der Waals surface area contributed by atoms with Crippen LogP contribution in [0.2, 0.25) is 0 Å².